The summed E-state index contributed by atoms with van der Waals surface area (Å²) in [5, 5.41) is 10.1. The Kier molecular flexibility index (Phi) is 4.82. The summed E-state index contributed by atoms with van der Waals surface area (Å²) in [6, 6.07) is 6.45. The maximum absolute atomic E-state index is 12.3. The van der Waals surface area contributed by atoms with Gasteiger partial charge >= 0.3 is 0 Å². The molecule has 0 fully saturated rings. The molecule has 118 valence electrons. The number of rotatable bonds is 6. The van der Waals surface area contributed by atoms with Crippen LogP contribution >= 0.6 is 0 Å². The number of benzene rings is 1. The molecule has 1 heterocycles. The van der Waals surface area contributed by atoms with Crippen LogP contribution in [0.1, 0.15) is 18.5 Å². The molecule has 0 bridgehead atoms. The molecule has 1 aromatic rings. The molecule has 0 saturated carbocycles. The number of ether oxygens (including phenoxy) is 2. The zero-order valence-corrected chi connectivity index (χ0v) is 12.8. The number of ketones is 1. The topological polar surface area (TPSA) is 76.1 Å². The average molecular weight is 305 g/mol. The van der Waals surface area contributed by atoms with E-state index in [-0.39, 0.29) is 17.9 Å². The van der Waals surface area contributed by atoms with Gasteiger partial charge < -0.3 is 19.5 Å². The van der Waals surface area contributed by atoms with Gasteiger partial charge in [-0.3, -0.25) is 9.59 Å². The predicted octanol–water partition coefficient (Wildman–Crippen LogP) is 1.63. The van der Waals surface area contributed by atoms with E-state index in [0.29, 0.717) is 17.9 Å². The molecule has 1 amide bonds. The summed E-state index contributed by atoms with van der Waals surface area (Å²) in [5.74, 6) is -0.865. The van der Waals surface area contributed by atoms with Gasteiger partial charge in [-0.05, 0) is 13.0 Å². The molecule has 1 aliphatic heterocycles. The summed E-state index contributed by atoms with van der Waals surface area (Å²) >= 11 is 0. The van der Waals surface area contributed by atoms with Gasteiger partial charge in [0.25, 0.3) is 5.91 Å². The van der Waals surface area contributed by atoms with Crippen molar-refractivity contribution in [3.05, 3.63) is 41.2 Å². The van der Waals surface area contributed by atoms with Crippen LogP contribution < -0.4 is 4.74 Å². The first kappa shape index (κ1) is 16.0. The fourth-order valence-electron chi connectivity index (χ4n) is 2.65. The van der Waals surface area contributed by atoms with E-state index in [4.69, 9.17) is 9.47 Å². The van der Waals surface area contributed by atoms with Gasteiger partial charge in [-0.2, -0.15) is 0 Å². The van der Waals surface area contributed by atoms with Crippen LogP contribution in [-0.2, 0) is 14.3 Å². The standard InChI is InChI=1S/C16H19NO5/c1-10(18)13-14(11-6-4-5-7-12(11)22-3)17(8-9-21-2)16(20)15(13)19/h4-7,14,19H,8-9H2,1-3H3/t14-/m1/s1. The first-order valence-corrected chi connectivity index (χ1v) is 6.89. The fourth-order valence-corrected chi connectivity index (χ4v) is 2.65. The molecule has 2 rings (SSSR count). The summed E-state index contributed by atoms with van der Waals surface area (Å²) in [6.45, 7) is 1.90. The third-order valence-electron chi connectivity index (χ3n) is 3.65. The van der Waals surface area contributed by atoms with Crippen LogP contribution in [0.4, 0.5) is 0 Å². The van der Waals surface area contributed by atoms with Crippen molar-refractivity contribution >= 4 is 11.7 Å². The van der Waals surface area contributed by atoms with Crippen LogP contribution in [0.3, 0.4) is 0 Å². The van der Waals surface area contributed by atoms with Crippen molar-refractivity contribution in [1.29, 1.82) is 0 Å². The molecule has 6 heteroatoms. The van der Waals surface area contributed by atoms with Crippen molar-refractivity contribution in [2.45, 2.75) is 13.0 Å². The van der Waals surface area contributed by atoms with Crippen LogP contribution in [0.5, 0.6) is 5.75 Å². The van der Waals surface area contributed by atoms with Crippen molar-refractivity contribution in [3.8, 4) is 5.75 Å². The molecule has 0 spiro atoms. The summed E-state index contributed by atoms with van der Waals surface area (Å²) in [6.07, 6.45) is 0. The van der Waals surface area contributed by atoms with Gasteiger partial charge in [-0.15, -0.1) is 0 Å². The number of hydrogen-bond acceptors (Lipinski definition) is 5. The third kappa shape index (κ3) is 2.69. The Balaban J connectivity index is 2.54. The number of hydrogen-bond donors (Lipinski definition) is 1. The maximum Gasteiger partial charge on any atom is 0.290 e. The number of methoxy groups -OCH3 is 2. The molecule has 1 aliphatic rings. The lowest BCUT2D eigenvalue weighted by atomic mass is 9.96. The molecule has 1 N–H and O–H groups in total. The second-order valence-electron chi connectivity index (χ2n) is 4.95. The van der Waals surface area contributed by atoms with Crippen LogP contribution in [0.25, 0.3) is 0 Å². The number of aliphatic hydroxyl groups is 1. The molecular weight excluding hydrogens is 286 g/mol. The minimum Gasteiger partial charge on any atom is -0.503 e. The van der Waals surface area contributed by atoms with Gasteiger partial charge in [0.1, 0.15) is 5.75 Å². The van der Waals surface area contributed by atoms with Gasteiger partial charge in [-0.25, -0.2) is 0 Å². The Morgan fingerprint density at radius 2 is 2.00 bits per heavy atom. The Bertz CT molecular complexity index is 623. The van der Waals surface area contributed by atoms with Gasteiger partial charge in [0, 0.05) is 19.2 Å². The molecular formula is C16H19NO5. The first-order valence-electron chi connectivity index (χ1n) is 6.89. The van der Waals surface area contributed by atoms with Crippen molar-refractivity contribution in [1.82, 2.24) is 4.90 Å². The average Bonchev–Trinajstić information content (AvgIpc) is 2.77. The second kappa shape index (κ2) is 6.62. The van der Waals surface area contributed by atoms with Crippen LogP contribution in [0.15, 0.2) is 35.6 Å². The molecule has 22 heavy (non-hydrogen) atoms. The summed E-state index contributed by atoms with van der Waals surface area (Å²) in [5.41, 5.74) is 0.745. The first-order chi connectivity index (χ1) is 10.5. The molecule has 6 nitrogen and oxygen atoms in total. The van der Waals surface area contributed by atoms with E-state index in [0.717, 1.165) is 0 Å². The van der Waals surface area contributed by atoms with Crippen LogP contribution in [-0.4, -0.2) is 49.1 Å². The molecule has 0 radical (unpaired) electrons. The zero-order chi connectivity index (χ0) is 16.3. The highest BCUT2D eigenvalue weighted by Gasteiger charge is 2.43. The number of carbonyl (C=O) groups excluding carboxylic acids is 2. The van der Waals surface area contributed by atoms with Gasteiger partial charge in [-0.1, -0.05) is 18.2 Å². The monoisotopic (exact) mass is 305 g/mol. The minimum atomic E-state index is -0.670. The summed E-state index contributed by atoms with van der Waals surface area (Å²) in [4.78, 5) is 25.6. The number of nitrogens with zero attached hydrogens (tertiary/aromatic N) is 1. The molecule has 0 aromatic heterocycles. The predicted molar refractivity (Wildman–Crippen MR) is 79.7 cm³/mol. The lowest BCUT2D eigenvalue weighted by Gasteiger charge is -2.27. The van der Waals surface area contributed by atoms with E-state index in [2.05, 4.69) is 0 Å². The van der Waals surface area contributed by atoms with Crippen molar-refractivity contribution < 1.29 is 24.2 Å². The quantitative estimate of drug-likeness (QED) is 0.864. The zero-order valence-electron chi connectivity index (χ0n) is 12.8. The van der Waals surface area contributed by atoms with Crippen LogP contribution in [0, 0.1) is 0 Å². The number of amides is 1. The van der Waals surface area contributed by atoms with E-state index in [9.17, 15) is 14.7 Å². The number of aliphatic hydroxyl groups excluding tert-OH is 1. The minimum absolute atomic E-state index is 0.0885. The molecule has 1 atom stereocenters. The molecule has 0 aliphatic carbocycles. The van der Waals surface area contributed by atoms with Crippen LogP contribution in [0.2, 0.25) is 0 Å². The maximum atomic E-state index is 12.3. The van der Waals surface area contributed by atoms with Gasteiger partial charge in [0.05, 0.1) is 25.3 Å². The Morgan fingerprint density at radius 1 is 1.32 bits per heavy atom. The van der Waals surface area contributed by atoms with E-state index >= 15 is 0 Å². The Hall–Kier alpha value is -2.34. The number of para-hydroxylation sites is 1. The Morgan fingerprint density at radius 3 is 2.59 bits per heavy atom. The highest BCUT2D eigenvalue weighted by atomic mass is 16.5. The number of Topliss-reactive ketones (excluding diaryl/α,β-unsaturated/α-hetero) is 1. The SMILES string of the molecule is COCCN1C(=O)C(O)=C(C(C)=O)[C@H]1c1ccccc1OC. The molecule has 0 unspecified atom stereocenters. The molecule has 0 saturated heterocycles. The highest BCUT2D eigenvalue weighted by molar-refractivity contribution is 6.08. The fraction of sp³-hybridized carbons (Fsp3) is 0.375. The smallest absolute Gasteiger partial charge is 0.290 e. The van der Waals surface area contributed by atoms with E-state index in [1.807, 2.05) is 0 Å². The van der Waals surface area contributed by atoms with E-state index < -0.39 is 17.7 Å². The molecule has 1 aromatic carbocycles. The number of carbonyl (C=O) groups is 2. The van der Waals surface area contributed by atoms with Gasteiger partial charge in [0.15, 0.2) is 11.5 Å². The summed E-state index contributed by atoms with van der Waals surface area (Å²) in [7, 11) is 3.05. The van der Waals surface area contributed by atoms with Gasteiger partial charge in [0.2, 0.25) is 0 Å². The van der Waals surface area contributed by atoms with Crippen molar-refractivity contribution in [3.63, 3.8) is 0 Å². The second-order valence-corrected chi connectivity index (χ2v) is 4.95. The third-order valence-corrected chi connectivity index (χ3v) is 3.65. The largest absolute Gasteiger partial charge is 0.503 e. The Labute approximate surface area is 128 Å². The van der Waals surface area contributed by atoms with Crippen molar-refractivity contribution in [2.24, 2.45) is 0 Å². The van der Waals surface area contributed by atoms with E-state index in [1.54, 1.807) is 24.3 Å². The van der Waals surface area contributed by atoms with E-state index in [1.165, 1.54) is 26.0 Å². The van der Waals surface area contributed by atoms with Crippen molar-refractivity contribution in [2.75, 3.05) is 27.4 Å². The summed E-state index contributed by atoms with van der Waals surface area (Å²) < 4.78 is 10.3. The highest BCUT2D eigenvalue weighted by Crippen LogP contribution is 2.40. The normalized spacial score (nSPS) is 18.0. The lowest BCUT2D eigenvalue weighted by Crippen LogP contribution is -2.34. The lowest BCUT2D eigenvalue weighted by molar-refractivity contribution is -0.130.